The van der Waals surface area contributed by atoms with Crippen molar-refractivity contribution in [3.8, 4) is 0 Å². The summed E-state index contributed by atoms with van der Waals surface area (Å²) in [4.78, 5) is 31.2. The van der Waals surface area contributed by atoms with E-state index in [4.69, 9.17) is 5.73 Å². The van der Waals surface area contributed by atoms with Crippen molar-refractivity contribution in [2.75, 3.05) is 11.1 Å². The Labute approximate surface area is 134 Å². The van der Waals surface area contributed by atoms with Gasteiger partial charge in [-0.15, -0.1) is 0 Å². The van der Waals surface area contributed by atoms with Crippen molar-refractivity contribution in [3.05, 3.63) is 47.9 Å². The zero-order valence-corrected chi connectivity index (χ0v) is 12.9. The number of rotatable bonds is 6. The van der Waals surface area contributed by atoms with E-state index in [1.54, 1.807) is 12.1 Å². The normalized spacial score (nSPS) is 10.1. The fraction of sp³-hybridized carbons (Fsp3) is 0.250. The lowest BCUT2D eigenvalue weighted by Gasteiger charge is -2.08. The summed E-state index contributed by atoms with van der Waals surface area (Å²) in [6, 6.07) is 7.27. The molecule has 23 heavy (non-hydrogen) atoms. The van der Waals surface area contributed by atoms with E-state index in [2.05, 4.69) is 20.6 Å². The van der Waals surface area contributed by atoms with Crippen LogP contribution in [0.5, 0.6) is 0 Å². The number of anilines is 2. The maximum atomic E-state index is 12.0. The van der Waals surface area contributed by atoms with Gasteiger partial charge in [-0.2, -0.15) is 0 Å². The van der Waals surface area contributed by atoms with E-state index < -0.39 is 0 Å². The van der Waals surface area contributed by atoms with Gasteiger partial charge in [-0.1, -0.05) is 19.1 Å². The molecular formula is C16H19N5O2. The smallest absolute Gasteiger partial charge is 0.273 e. The highest BCUT2D eigenvalue weighted by Gasteiger charge is 2.11. The highest BCUT2D eigenvalue weighted by atomic mass is 16.2. The zero-order chi connectivity index (χ0) is 16.7. The van der Waals surface area contributed by atoms with E-state index in [1.165, 1.54) is 12.4 Å². The number of aromatic nitrogens is 2. The second-order valence-corrected chi connectivity index (χ2v) is 4.97. The predicted octanol–water partition coefficient (Wildman–Crippen LogP) is 1.73. The van der Waals surface area contributed by atoms with Crippen LogP contribution in [0.4, 0.5) is 11.5 Å². The first-order valence-corrected chi connectivity index (χ1v) is 7.33. The Bertz CT molecular complexity index is 685. The van der Waals surface area contributed by atoms with Crippen molar-refractivity contribution in [1.82, 2.24) is 15.3 Å². The summed E-state index contributed by atoms with van der Waals surface area (Å²) in [6.45, 7) is 2.28. The van der Waals surface area contributed by atoms with Gasteiger partial charge in [0.05, 0.1) is 0 Å². The third kappa shape index (κ3) is 4.77. The fourth-order valence-corrected chi connectivity index (χ4v) is 1.95. The molecule has 2 aromatic rings. The second-order valence-electron chi connectivity index (χ2n) is 4.97. The van der Waals surface area contributed by atoms with Gasteiger partial charge in [0.15, 0.2) is 11.5 Å². The Morgan fingerprint density at radius 1 is 1.13 bits per heavy atom. The molecular weight excluding hydrogens is 294 g/mol. The van der Waals surface area contributed by atoms with E-state index in [0.29, 0.717) is 13.0 Å². The van der Waals surface area contributed by atoms with Crippen LogP contribution in [0.15, 0.2) is 36.7 Å². The number of hydrogen-bond donors (Lipinski definition) is 3. The summed E-state index contributed by atoms with van der Waals surface area (Å²) >= 11 is 0. The van der Waals surface area contributed by atoms with Crippen LogP contribution in [0.1, 0.15) is 35.8 Å². The van der Waals surface area contributed by atoms with Crippen LogP contribution in [-0.2, 0) is 11.3 Å². The van der Waals surface area contributed by atoms with E-state index in [9.17, 15) is 9.59 Å². The summed E-state index contributed by atoms with van der Waals surface area (Å²) in [5.41, 5.74) is 7.34. The van der Waals surface area contributed by atoms with E-state index >= 15 is 0 Å². The van der Waals surface area contributed by atoms with Crippen LogP contribution in [-0.4, -0.2) is 21.8 Å². The van der Waals surface area contributed by atoms with Gasteiger partial charge in [0.2, 0.25) is 5.91 Å². The van der Waals surface area contributed by atoms with Crippen LogP contribution in [0.3, 0.4) is 0 Å². The van der Waals surface area contributed by atoms with Gasteiger partial charge in [0.25, 0.3) is 5.91 Å². The van der Waals surface area contributed by atoms with Gasteiger partial charge in [-0.25, -0.2) is 9.97 Å². The molecule has 0 bridgehead atoms. The molecule has 0 aliphatic heterocycles. The average Bonchev–Trinajstić information content (AvgIpc) is 2.54. The molecule has 0 saturated heterocycles. The minimum atomic E-state index is -0.379. The number of amides is 2. The van der Waals surface area contributed by atoms with Crippen LogP contribution >= 0.6 is 0 Å². The van der Waals surface area contributed by atoms with Crippen LogP contribution in [0.2, 0.25) is 0 Å². The van der Waals surface area contributed by atoms with Gasteiger partial charge in [-0.05, 0) is 24.1 Å². The molecule has 0 fully saturated rings. The number of nitrogen functional groups attached to an aromatic ring is 1. The molecule has 7 nitrogen and oxygen atoms in total. The zero-order valence-electron chi connectivity index (χ0n) is 12.9. The summed E-state index contributed by atoms with van der Waals surface area (Å²) in [7, 11) is 0. The van der Waals surface area contributed by atoms with Crippen LogP contribution < -0.4 is 16.4 Å². The molecule has 0 unspecified atom stereocenters. The lowest BCUT2D eigenvalue weighted by Crippen LogP contribution is -2.25. The molecule has 1 aromatic heterocycles. The van der Waals surface area contributed by atoms with Crippen molar-refractivity contribution < 1.29 is 9.59 Å². The topological polar surface area (TPSA) is 110 Å². The Hall–Kier alpha value is -2.96. The van der Waals surface area contributed by atoms with Crippen LogP contribution in [0, 0.1) is 0 Å². The monoisotopic (exact) mass is 313 g/mol. The molecule has 1 aromatic carbocycles. The third-order valence-corrected chi connectivity index (χ3v) is 3.11. The maximum Gasteiger partial charge on any atom is 0.273 e. The van der Waals surface area contributed by atoms with Crippen molar-refractivity contribution in [1.29, 1.82) is 0 Å². The SMILES string of the molecule is CCCC(=O)Nc1ccc(CNC(=O)c2nccnc2N)cc1. The van der Waals surface area contributed by atoms with Crippen molar-refractivity contribution in [2.45, 2.75) is 26.3 Å². The maximum absolute atomic E-state index is 12.0. The van der Waals surface area contributed by atoms with Gasteiger partial charge in [0.1, 0.15) is 0 Å². The Morgan fingerprint density at radius 2 is 1.83 bits per heavy atom. The fourth-order valence-electron chi connectivity index (χ4n) is 1.95. The predicted molar refractivity (Wildman–Crippen MR) is 87.6 cm³/mol. The average molecular weight is 313 g/mol. The van der Waals surface area contributed by atoms with Crippen molar-refractivity contribution >= 4 is 23.3 Å². The first kappa shape index (κ1) is 16.4. The largest absolute Gasteiger partial charge is 0.382 e. The first-order valence-electron chi connectivity index (χ1n) is 7.33. The molecule has 2 rings (SSSR count). The highest BCUT2D eigenvalue weighted by molar-refractivity contribution is 5.96. The number of carbonyl (C=O) groups is 2. The lowest BCUT2D eigenvalue weighted by molar-refractivity contribution is -0.116. The molecule has 0 radical (unpaired) electrons. The molecule has 4 N–H and O–H groups in total. The quantitative estimate of drug-likeness (QED) is 0.752. The summed E-state index contributed by atoms with van der Waals surface area (Å²) in [6.07, 6.45) is 4.15. The number of nitrogens with two attached hydrogens (primary N) is 1. The molecule has 0 aliphatic carbocycles. The minimum Gasteiger partial charge on any atom is -0.382 e. The molecule has 0 spiro atoms. The highest BCUT2D eigenvalue weighted by Crippen LogP contribution is 2.11. The van der Waals surface area contributed by atoms with Gasteiger partial charge >= 0.3 is 0 Å². The van der Waals surface area contributed by atoms with Crippen LogP contribution in [0.25, 0.3) is 0 Å². The molecule has 120 valence electrons. The third-order valence-electron chi connectivity index (χ3n) is 3.11. The second kappa shape index (κ2) is 7.88. The Balaban J connectivity index is 1.90. The van der Waals surface area contributed by atoms with E-state index in [-0.39, 0.29) is 23.3 Å². The van der Waals surface area contributed by atoms with Crippen molar-refractivity contribution in [2.24, 2.45) is 0 Å². The van der Waals surface area contributed by atoms with Gasteiger partial charge in [-0.3, -0.25) is 9.59 Å². The summed E-state index contributed by atoms with van der Waals surface area (Å²) < 4.78 is 0. The Morgan fingerprint density at radius 3 is 2.48 bits per heavy atom. The molecule has 1 heterocycles. The number of carbonyl (C=O) groups excluding carboxylic acids is 2. The summed E-state index contributed by atoms with van der Waals surface area (Å²) in [5, 5.41) is 5.53. The number of nitrogens with zero attached hydrogens (tertiary/aromatic N) is 2. The van der Waals surface area contributed by atoms with E-state index in [1.807, 2.05) is 19.1 Å². The summed E-state index contributed by atoms with van der Waals surface area (Å²) in [5.74, 6) is -0.290. The lowest BCUT2D eigenvalue weighted by atomic mass is 10.2. The van der Waals surface area contributed by atoms with Gasteiger partial charge in [0, 0.05) is 31.0 Å². The van der Waals surface area contributed by atoms with E-state index in [0.717, 1.165) is 17.7 Å². The molecule has 2 amide bonds. The molecule has 0 saturated carbocycles. The van der Waals surface area contributed by atoms with Crippen molar-refractivity contribution in [3.63, 3.8) is 0 Å². The standard InChI is InChI=1S/C16H19N5O2/c1-2-3-13(22)21-12-6-4-11(5-7-12)10-20-16(23)14-15(17)19-9-8-18-14/h4-9H,2-3,10H2,1H3,(H2,17,19)(H,20,23)(H,21,22). The van der Waals surface area contributed by atoms with Gasteiger partial charge < -0.3 is 16.4 Å². The minimum absolute atomic E-state index is 0.00770. The molecule has 0 atom stereocenters. The number of benzene rings is 1. The Kier molecular flexibility index (Phi) is 5.62. The number of nitrogens with one attached hydrogen (secondary N) is 2. The molecule has 0 aliphatic rings. The first-order chi connectivity index (χ1) is 11.1. The molecule has 7 heteroatoms. The number of hydrogen-bond acceptors (Lipinski definition) is 5.